The van der Waals surface area contributed by atoms with Crippen molar-refractivity contribution in [2.45, 2.75) is 6.42 Å². The van der Waals surface area contributed by atoms with E-state index in [0.29, 0.717) is 23.4 Å². The molecule has 3 aromatic rings. The first-order valence-electron chi connectivity index (χ1n) is 7.71. The second-order valence-corrected chi connectivity index (χ2v) is 5.62. The number of benzene rings is 2. The number of hydrogen-bond donors (Lipinski definition) is 3. The van der Waals surface area contributed by atoms with Gasteiger partial charge in [-0.25, -0.2) is 9.38 Å². The van der Waals surface area contributed by atoms with Gasteiger partial charge in [0, 0.05) is 29.3 Å². The third-order valence-electron chi connectivity index (χ3n) is 3.72. The summed E-state index contributed by atoms with van der Waals surface area (Å²) >= 11 is 0. The number of nitrogens with two attached hydrogens (primary N) is 3. The standard InChI is InChI=1S/C19H18FN5/c20-15-6-4-13(5-7-15)18(25-19(22)23)16(21)11-12-3-8-17-14(10-12)2-1-9-24-17/h1-10H,11,21H2,(H4,22,23,25)/b18-16-. The fraction of sp³-hybridized carbons (Fsp3) is 0.0526. The van der Waals surface area contributed by atoms with Gasteiger partial charge in [-0.1, -0.05) is 12.1 Å². The molecule has 0 saturated heterocycles. The average Bonchev–Trinajstić information content (AvgIpc) is 2.60. The van der Waals surface area contributed by atoms with Gasteiger partial charge in [0.1, 0.15) is 5.82 Å². The molecule has 0 unspecified atom stereocenters. The fourth-order valence-electron chi connectivity index (χ4n) is 2.60. The number of fused-ring (bicyclic) bond motifs is 1. The molecule has 2 aromatic carbocycles. The highest BCUT2D eigenvalue weighted by atomic mass is 19.1. The van der Waals surface area contributed by atoms with Crippen LogP contribution in [0.3, 0.4) is 0 Å². The van der Waals surface area contributed by atoms with Crippen LogP contribution in [0.5, 0.6) is 0 Å². The highest BCUT2D eigenvalue weighted by Crippen LogP contribution is 2.22. The van der Waals surface area contributed by atoms with E-state index in [1.165, 1.54) is 12.1 Å². The van der Waals surface area contributed by atoms with E-state index < -0.39 is 0 Å². The average molecular weight is 335 g/mol. The lowest BCUT2D eigenvalue weighted by molar-refractivity contribution is 0.627. The van der Waals surface area contributed by atoms with Gasteiger partial charge in [-0.2, -0.15) is 0 Å². The Morgan fingerprint density at radius 2 is 1.76 bits per heavy atom. The fourth-order valence-corrected chi connectivity index (χ4v) is 2.60. The van der Waals surface area contributed by atoms with Gasteiger partial charge in [0.2, 0.25) is 0 Å². The number of halogens is 1. The lowest BCUT2D eigenvalue weighted by atomic mass is 10.0. The first kappa shape index (κ1) is 16.4. The van der Waals surface area contributed by atoms with Crippen LogP contribution in [0.2, 0.25) is 0 Å². The largest absolute Gasteiger partial charge is 0.400 e. The maximum Gasteiger partial charge on any atom is 0.191 e. The topological polar surface area (TPSA) is 103 Å². The molecule has 6 heteroatoms. The highest BCUT2D eigenvalue weighted by molar-refractivity contribution is 5.84. The van der Waals surface area contributed by atoms with Crippen LogP contribution in [-0.4, -0.2) is 10.9 Å². The molecule has 0 saturated carbocycles. The van der Waals surface area contributed by atoms with Crippen LogP contribution in [0.4, 0.5) is 4.39 Å². The summed E-state index contributed by atoms with van der Waals surface area (Å²) in [5.41, 5.74) is 20.8. The van der Waals surface area contributed by atoms with E-state index >= 15 is 0 Å². The number of aliphatic imine (C=N–C) groups is 1. The molecule has 0 spiro atoms. The maximum atomic E-state index is 13.2. The zero-order chi connectivity index (χ0) is 17.8. The van der Waals surface area contributed by atoms with Crippen molar-refractivity contribution < 1.29 is 4.39 Å². The van der Waals surface area contributed by atoms with Crippen LogP contribution < -0.4 is 17.2 Å². The number of pyridine rings is 1. The Labute approximate surface area is 144 Å². The van der Waals surface area contributed by atoms with Gasteiger partial charge < -0.3 is 17.2 Å². The van der Waals surface area contributed by atoms with Crippen molar-refractivity contribution in [3.63, 3.8) is 0 Å². The number of hydrogen-bond acceptors (Lipinski definition) is 3. The molecule has 0 atom stereocenters. The summed E-state index contributed by atoms with van der Waals surface area (Å²) in [5.74, 6) is -0.446. The Hall–Kier alpha value is -3.41. The zero-order valence-corrected chi connectivity index (χ0v) is 13.5. The monoisotopic (exact) mass is 335 g/mol. The van der Waals surface area contributed by atoms with Crippen molar-refractivity contribution in [3.05, 3.63) is 83.4 Å². The highest BCUT2D eigenvalue weighted by Gasteiger charge is 2.09. The Morgan fingerprint density at radius 3 is 2.48 bits per heavy atom. The molecule has 0 radical (unpaired) electrons. The van der Waals surface area contributed by atoms with Crippen molar-refractivity contribution in [1.29, 1.82) is 0 Å². The SMILES string of the molecule is NC(N)=N/C(=C(\N)Cc1ccc2ncccc2c1)c1ccc(F)cc1. The van der Waals surface area contributed by atoms with Crippen molar-refractivity contribution in [2.75, 3.05) is 0 Å². The molecule has 3 rings (SSSR count). The van der Waals surface area contributed by atoms with Gasteiger partial charge in [-0.3, -0.25) is 4.98 Å². The molecule has 126 valence electrons. The molecule has 5 nitrogen and oxygen atoms in total. The minimum absolute atomic E-state index is 0.106. The van der Waals surface area contributed by atoms with E-state index in [2.05, 4.69) is 9.98 Å². The maximum absolute atomic E-state index is 13.2. The number of aromatic nitrogens is 1. The van der Waals surface area contributed by atoms with E-state index in [1.54, 1.807) is 18.3 Å². The summed E-state index contributed by atoms with van der Waals surface area (Å²) in [6.07, 6.45) is 2.20. The van der Waals surface area contributed by atoms with Gasteiger partial charge in [-0.15, -0.1) is 0 Å². The second kappa shape index (κ2) is 7.00. The molecule has 0 amide bonds. The Balaban J connectivity index is 2.00. The summed E-state index contributed by atoms with van der Waals surface area (Å²) in [6, 6.07) is 15.7. The molecule has 25 heavy (non-hydrogen) atoms. The van der Waals surface area contributed by atoms with E-state index in [-0.39, 0.29) is 11.8 Å². The van der Waals surface area contributed by atoms with Crippen molar-refractivity contribution in [1.82, 2.24) is 4.98 Å². The quantitative estimate of drug-likeness (QED) is 0.503. The molecule has 6 N–H and O–H groups in total. The summed E-state index contributed by atoms with van der Waals surface area (Å²) in [6.45, 7) is 0. The second-order valence-electron chi connectivity index (χ2n) is 5.62. The predicted octanol–water partition coefficient (Wildman–Crippen LogP) is 2.52. The Bertz CT molecular complexity index is 957. The first-order chi connectivity index (χ1) is 12.0. The lowest BCUT2D eigenvalue weighted by Crippen LogP contribution is -2.23. The molecular formula is C19H18FN5. The number of allylic oxidation sites excluding steroid dienone is 1. The van der Waals surface area contributed by atoms with Crippen LogP contribution in [0.15, 0.2) is 71.5 Å². The van der Waals surface area contributed by atoms with Crippen molar-refractivity contribution in [2.24, 2.45) is 22.2 Å². The van der Waals surface area contributed by atoms with E-state index in [9.17, 15) is 4.39 Å². The smallest absolute Gasteiger partial charge is 0.191 e. The molecule has 0 fully saturated rings. The predicted molar refractivity (Wildman–Crippen MR) is 98.8 cm³/mol. The third kappa shape index (κ3) is 3.92. The Kier molecular flexibility index (Phi) is 4.61. The summed E-state index contributed by atoms with van der Waals surface area (Å²) in [4.78, 5) is 8.43. The Morgan fingerprint density at radius 1 is 1.00 bits per heavy atom. The van der Waals surface area contributed by atoms with Crippen molar-refractivity contribution >= 4 is 22.6 Å². The molecule has 0 bridgehead atoms. The van der Waals surface area contributed by atoms with Crippen LogP contribution in [0.1, 0.15) is 11.1 Å². The van der Waals surface area contributed by atoms with Gasteiger partial charge in [0.25, 0.3) is 0 Å². The number of nitrogens with zero attached hydrogens (tertiary/aromatic N) is 2. The van der Waals surface area contributed by atoms with Gasteiger partial charge in [-0.05, 0) is 48.0 Å². The van der Waals surface area contributed by atoms with E-state index in [0.717, 1.165) is 16.5 Å². The zero-order valence-electron chi connectivity index (χ0n) is 13.5. The number of guanidine groups is 1. The summed E-state index contributed by atoms with van der Waals surface area (Å²) in [7, 11) is 0. The van der Waals surface area contributed by atoms with Crippen LogP contribution >= 0.6 is 0 Å². The minimum Gasteiger partial charge on any atom is -0.400 e. The molecule has 1 heterocycles. The molecular weight excluding hydrogens is 317 g/mol. The van der Waals surface area contributed by atoms with Gasteiger partial charge in [0.15, 0.2) is 5.96 Å². The summed E-state index contributed by atoms with van der Waals surface area (Å²) < 4.78 is 13.2. The molecule has 1 aromatic heterocycles. The molecule has 0 aliphatic rings. The third-order valence-corrected chi connectivity index (χ3v) is 3.72. The van der Waals surface area contributed by atoms with Crippen molar-refractivity contribution in [3.8, 4) is 0 Å². The lowest BCUT2D eigenvalue weighted by Gasteiger charge is -2.10. The summed E-state index contributed by atoms with van der Waals surface area (Å²) in [5, 5.41) is 1.03. The van der Waals surface area contributed by atoms with E-state index in [4.69, 9.17) is 17.2 Å². The minimum atomic E-state index is -0.339. The van der Waals surface area contributed by atoms with Gasteiger partial charge in [0.05, 0.1) is 11.2 Å². The molecule has 0 aliphatic carbocycles. The van der Waals surface area contributed by atoms with E-state index in [1.807, 2.05) is 30.3 Å². The normalized spacial score (nSPS) is 11.9. The number of rotatable bonds is 4. The van der Waals surface area contributed by atoms with Crippen LogP contribution in [-0.2, 0) is 6.42 Å². The van der Waals surface area contributed by atoms with Gasteiger partial charge >= 0.3 is 0 Å². The van der Waals surface area contributed by atoms with Crippen LogP contribution in [0.25, 0.3) is 16.6 Å². The van der Waals surface area contributed by atoms with Crippen LogP contribution in [0, 0.1) is 5.82 Å². The molecule has 0 aliphatic heterocycles. The first-order valence-corrected chi connectivity index (χ1v) is 7.71.